The summed E-state index contributed by atoms with van der Waals surface area (Å²) in [5, 5.41) is 0. The van der Waals surface area contributed by atoms with Gasteiger partial charge in [-0.05, 0) is 6.92 Å². The monoisotopic (exact) mass is 128 g/mol. The number of hydrogen-bond acceptors (Lipinski definition) is 0. The molecule has 0 fully saturated rings. The van der Waals surface area contributed by atoms with Gasteiger partial charge in [0, 0.05) is 12.8 Å². The van der Waals surface area contributed by atoms with Gasteiger partial charge in [-0.1, -0.05) is 13.8 Å². The predicted octanol–water partition coefficient (Wildman–Crippen LogP) is 1.77. The van der Waals surface area contributed by atoms with Gasteiger partial charge in [0.15, 0.2) is 0 Å². The maximum atomic E-state index is 2.32. The first-order chi connectivity index (χ1) is 4.20. The lowest BCUT2D eigenvalue weighted by molar-refractivity contribution is -0.526. The normalized spacial score (nSPS) is 12.8. The molecule has 0 rings (SSSR count). The van der Waals surface area contributed by atoms with Gasteiger partial charge in [0.1, 0.15) is 19.3 Å². The van der Waals surface area contributed by atoms with Crippen LogP contribution in [0.1, 0.15) is 27.7 Å². The van der Waals surface area contributed by atoms with E-state index in [2.05, 4.69) is 38.5 Å². The van der Waals surface area contributed by atoms with Crippen LogP contribution in [0, 0.1) is 5.92 Å². The van der Waals surface area contributed by atoms with E-state index in [-0.39, 0.29) is 0 Å². The van der Waals surface area contributed by atoms with Gasteiger partial charge in [0.2, 0.25) is 0 Å². The summed E-state index contributed by atoms with van der Waals surface area (Å²) in [6.45, 7) is 11.1. The van der Waals surface area contributed by atoms with Gasteiger partial charge in [-0.3, -0.25) is 0 Å². The molecule has 0 heterocycles. The Bertz CT molecular complexity index is 92.7. The fraction of sp³-hybridized carbons (Fsp3) is 0.875. The van der Waals surface area contributed by atoms with Gasteiger partial charge >= 0.3 is 0 Å². The Kier molecular flexibility index (Phi) is 4.37. The molecule has 0 spiro atoms. The molecule has 9 heavy (non-hydrogen) atoms. The van der Waals surface area contributed by atoms with Crippen molar-refractivity contribution in [2.24, 2.45) is 5.92 Å². The van der Waals surface area contributed by atoms with Crippen LogP contribution in [0.3, 0.4) is 0 Å². The average molecular weight is 128 g/mol. The third kappa shape index (κ3) is 4.19. The third-order valence-corrected chi connectivity index (χ3v) is 1.37. The Labute approximate surface area is 58.4 Å². The highest BCUT2D eigenvalue weighted by molar-refractivity contribution is 5.46. The fourth-order valence-corrected chi connectivity index (χ4v) is 0.886. The van der Waals surface area contributed by atoms with Crippen LogP contribution in [-0.2, 0) is 0 Å². The minimum Gasteiger partial charge on any atom is -0.240 e. The zero-order chi connectivity index (χ0) is 7.28. The van der Waals surface area contributed by atoms with Gasteiger partial charge in [-0.25, -0.2) is 4.58 Å². The van der Waals surface area contributed by atoms with Crippen molar-refractivity contribution in [2.45, 2.75) is 27.7 Å². The van der Waals surface area contributed by atoms with Crippen LogP contribution in [0.2, 0.25) is 0 Å². The van der Waals surface area contributed by atoms with Gasteiger partial charge in [-0.2, -0.15) is 0 Å². The van der Waals surface area contributed by atoms with Crippen molar-refractivity contribution in [3.05, 3.63) is 0 Å². The van der Waals surface area contributed by atoms with Crippen molar-refractivity contribution in [2.75, 3.05) is 13.1 Å². The molecule has 0 aromatic rings. The highest BCUT2D eigenvalue weighted by Gasteiger charge is 2.01. The fourth-order valence-electron chi connectivity index (χ4n) is 0.886. The molecular formula is C8H18N+. The summed E-state index contributed by atoms with van der Waals surface area (Å²) in [7, 11) is 0. The summed E-state index contributed by atoms with van der Waals surface area (Å²) in [6, 6.07) is 0. The standard InChI is InChI=1S/C8H18N/c1-5-9(6-2)7-8(3)4/h5,8H,6-7H2,1-4H3/q+1/b9-5+. The summed E-state index contributed by atoms with van der Waals surface area (Å²) < 4.78 is 2.32. The molecule has 0 amide bonds. The zero-order valence-electron chi connectivity index (χ0n) is 7.02. The van der Waals surface area contributed by atoms with Crippen LogP contribution in [0.4, 0.5) is 0 Å². The molecule has 1 heteroatoms. The molecule has 0 N–H and O–H groups in total. The smallest absolute Gasteiger partial charge is 0.144 e. The predicted molar refractivity (Wildman–Crippen MR) is 42.2 cm³/mol. The zero-order valence-corrected chi connectivity index (χ0v) is 7.02. The van der Waals surface area contributed by atoms with E-state index in [1.165, 1.54) is 6.54 Å². The molecule has 0 aromatic heterocycles. The lowest BCUT2D eigenvalue weighted by Crippen LogP contribution is -2.17. The van der Waals surface area contributed by atoms with Crippen LogP contribution in [0.25, 0.3) is 0 Å². The van der Waals surface area contributed by atoms with Crippen molar-refractivity contribution in [1.82, 2.24) is 0 Å². The lowest BCUT2D eigenvalue weighted by Gasteiger charge is -2.01. The number of rotatable bonds is 3. The highest BCUT2D eigenvalue weighted by atomic mass is 15.0. The maximum absolute atomic E-state index is 2.32. The molecule has 54 valence electrons. The molecule has 0 aliphatic rings. The van der Waals surface area contributed by atoms with E-state index in [9.17, 15) is 0 Å². The molecule has 0 bridgehead atoms. The molecule has 0 atom stereocenters. The Morgan fingerprint density at radius 2 is 2.00 bits per heavy atom. The maximum Gasteiger partial charge on any atom is 0.144 e. The quantitative estimate of drug-likeness (QED) is 0.402. The first-order valence-electron chi connectivity index (χ1n) is 3.74. The van der Waals surface area contributed by atoms with E-state index in [0.29, 0.717) is 0 Å². The average Bonchev–Trinajstić information content (AvgIpc) is 1.82. The molecule has 0 aliphatic heterocycles. The second-order valence-corrected chi connectivity index (χ2v) is 2.74. The molecule has 1 nitrogen and oxygen atoms in total. The topological polar surface area (TPSA) is 3.01 Å². The van der Waals surface area contributed by atoms with Crippen molar-refractivity contribution in [1.29, 1.82) is 0 Å². The lowest BCUT2D eigenvalue weighted by atomic mass is 10.2. The van der Waals surface area contributed by atoms with E-state index < -0.39 is 0 Å². The number of hydrogen-bond donors (Lipinski definition) is 0. The Morgan fingerprint density at radius 1 is 1.44 bits per heavy atom. The molecule has 0 saturated heterocycles. The molecule has 0 aromatic carbocycles. The van der Waals surface area contributed by atoms with Crippen molar-refractivity contribution in [3.63, 3.8) is 0 Å². The van der Waals surface area contributed by atoms with Gasteiger partial charge in [0.05, 0.1) is 0 Å². The highest BCUT2D eigenvalue weighted by Crippen LogP contribution is 1.90. The van der Waals surface area contributed by atoms with E-state index in [1.54, 1.807) is 0 Å². The molecule has 0 unspecified atom stereocenters. The van der Waals surface area contributed by atoms with Crippen LogP contribution >= 0.6 is 0 Å². The summed E-state index contributed by atoms with van der Waals surface area (Å²) in [5.74, 6) is 0.779. The van der Waals surface area contributed by atoms with Crippen molar-refractivity contribution < 1.29 is 4.58 Å². The van der Waals surface area contributed by atoms with Crippen LogP contribution in [0.5, 0.6) is 0 Å². The summed E-state index contributed by atoms with van der Waals surface area (Å²) >= 11 is 0. The largest absolute Gasteiger partial charge is 0.240 e. The van der Waals surface area contributed by atoms with Crippen LogP contribution < -0.4 is 0 Å². The first kappa shape index (κ1) is 8.67. The van der Waals surface area contributed by atoms with Gasteiger partial charge in [0.25, 0.3) is 0 Å². The van der Waals surface area contributed by atoms with Crippen molar-refractivity contribution in [3.8, 4) is 0 Å². The Morgan fingerprint density at radius 3 is 2.11 bits per heavy atom. The van der Waals surface area contributed by atoms with E-state index in [4.69, 9.17) is 0 Å². The second kappa shape index (κ2) is 4.54. The summed E-state index contributed by atoms with van der Waals surface area (Å²) in [6.07, 6.45) is 2.15. The number of nitrogens with zero attached hydrogens (tertiary/aromatic N) is 1. The molecular weight excluding hydrogens is 110 g/mol. The SMILES string of the molecule is C/C=[N+](\CC)CC(C)C. The van der Waals surface area contributed by atoms with E-state index in [1.807, 2.05) is 0 Å². The first-order valence-corrected chi connectivity index (χ1v) is 3.74. The molecule has 0 aliphatic carbocycles. The Hall–Kier alpha value is -0.330. The second-order valence-electron chi connectivity index (χ2n) is 2.74. The summed E-state index contributed by atoms with van der Waals surface area (Å²) in [4.78, 5) is 0. The minimum atomic E-state index is 0.779. The summed E-state index contributed by atoms with van der Waals surface area (Å²) in [5.41, 5.74) is 0. The van der Waals surface area contributed by atoms with Gasteiger partial charge < -0.3 is 0 Å². The molecule has 0 saturated carbocycles. The molecule has 0 radical (unpaired) electrons. The Balaban J connectivity index is 3.58. The van der Waals surface area contributed by atoms with Crippen LogP contribution in [-0.4, -0.2) is 23.9 Å². The van der Waals surface area contributed by atoms with Crippen LogP contribution in [0.15, 0.2) is 0 Å². The van der Waals surface area contributed by atoms with Gasteiger partial charge in [-0.15, -0.1) is 0 Å². The minimum absolute atomic E-state index is 0.779. The third-order valence-electron chi connectivity index (χ3n) is 1.37. The van der Waals surface area contributed by atoms with E-state index in [0.717, 1.165) is 12.5 Å². The van der Waals surface area contributed by atoms with Crippen molar-refractivity contribution >= 4 is 6.21 Å². The van der Waals surface area contributed by atoms with E-state index >= 15 is 0 Å².